The molecule has 1 heterocycles. The van der Waals surface area contributed by atoms with Gasteiger partial charge in [0.2, 0.25) is 0 Å². The van der Waals surface area contributed by atoms with Crippen LogP contribution in [0.15, 0.2) is 0 Å². The van der Waals surface area contributed by atoms with Gasteiger partial charge in [-0.3, -0.25) is 0 Å². The van der Waals surface area contributed by atoms with Crippen molar-refractivity contribution in [1.29, 1.82) is 0 Å². The Kier molecular flexibility index (Phi) is 6.97. The molecule has 2 aliphatic rings. The van der Waals surface area contributed by atoms with Crippen molar-refractivity contribution in [2.75, 3.05) is 32.8 Å². The monoisotopic (exact) mass is 296 g/mol. The smallest absolute Gasteiger partial charge is 0.0702 e. The van der Waals surface area contributed by atoms with Crippen molar-refractivity contribution >= 4 is 0 Å². The first-order valence-corrected chi connectivity index (χ1v) is 9.21. The van der Waals surface area contributed by atoms with Crippen LogP contribution >= 0.6 is 0 Å². The predicted octanol–water partition coefficient (Wildman–Crippen LogP) is 3.44. The van der Waals surface area contributed by atoms with E-state index in [0.29, 0.717) is 17.6 Å². The van der Waals surface area contributed by atoms with Crippen molar-refractivity contribution in [3.63, 3.8) is 0 Å². The van der Waals surface area contributed by atoms with Gasteiger partial charge < -0.3 is 15.0 Å². The molecule has 1 saturated carbocycles. The molecule has 0 aromatic carbocycles. The number of nitrogens with one attached hydrogen (secondary N) is 1. The summed E-state index contributed by atoms with van der Waals surface area (Å²) in [4.78, 5) is 2.69. The van der Waals surface area contributed by atoms with Crippen LogP contribution in [0, 0.1) is 5.41 Å². The molecule has 1 N–H and O–H groups in total. The summed E-state index contributed by atoms with van der Waals surface area (Å²) in [6.45, 7) is 12.4. The van der Waals surface area contributed by atoms with Crippen LogP contribution in [0.5, 0.6) is 0 Å². The fourth-order valence-electron chi connectivity index (χ4n) is 4.12. The van der Waals surface area contributed by atoms with Gasteiger partial charge in [-0.05, 0) is 44.6 Å². The predicted molar refractivity (Wildman–Crippen MR) is 89.7 cm³/mol. The highest BCUT2D eigenvalue weighted by molar-refractivity contribution is 4.90. The van der Waals surface area contributed by atoms with Crippen LogP contribution in [-0.2, 0) is 4.74 Å². The van der Waals surface area contributed by atoms with E-state index in [-0.39, 0.29) is 0 Å². The maximum absolute atomic E-state index is 5.88. The number of piperidine rings is 1. The Bertz CT molecular complexity index is 285. The standard InChI is InChI=1S/C18H36N2O/c1-4-21-17-9-8-12-20(13-17)15-18(14-19-16(2)3)10-6-5-7-11-18/h16-17,19H,4-15H2,1-3H3. The molecule has 1 atom stereocenters. The van der Waals surface area contributed by atoms with E-state index in [1.165, 1.54) is 64.6 Å². The molecule has 21 heavy (non-hydrogen) atoms. The lowest BCUT2D eigenvalue weighted by Crippen LogP contribution is -2.50. The molecule has 1 aliphatic heterocycles. The molecule has 2 fully saturated rings. The van der Waals surface area contributed by atoms with Crippen molar-refractivity contribution < 1.29 is 4.74 Å². The van der Waals surface area contributed by atoms with Gasteiger partial charge in [0.25, 0.3) is 0 Å². The molecule has 0 aromatic rings. The lowest BCUT2D eigenvalue weighted by Gasteiger charge is -2.44. The van der Waals surface area contributed by atoms with E-state index in [4.69, 9.17) is 4.74 Å². The number of nitrogens with zero attached hydrogens (tertiary/aromatic N) is 1. The molecule has 0 bridgehead atoms. The topological polar surface area (TPSA) is 24.5 Å². The Morgan fingerprint density at radius 1 is 1.19 bits per heavy atom. The number of ether oxygens (including phenoxy) is 1. The van der Waals surface area contributed by atoms with Gasteiger partial charge in [-0.15, -0.1) is 0 Å². The molecule has 0 amide bonds. The Balaban J connectivity index is 1.90. The maximum atomic E-state index is 5.88. The third-order valence-corrected chi connectivity index (χ3v) is 5.22. The first-order valence-electron chi connectivity index (χ1n) is 9.21. The van der Waals surface area contributed by atoms with E-state index in [9.17, 15) is 0 Å². The van der Waals surface area contributed by atoms with Crippen LogP contribution in [-0.4, -0.2) is 49.8 Å². The fourth-order valence-corrected chi connectivity index (χ4v) is 4.12. The molecule has 3 heteroatoms. The molecule has 124 valence electrons. The average molecular weight is 296 g/mol. The summed E-state index contributed by atoms with van der Waals surface area (Å²) in [5.74, 6) is 0. The number of hydrogen-bond donors (Lipinski definition) is 1. The van der Waals surface area contributed by atoms with Crippen LogP contribution in [0.4, 0.5) is 0 Å². The molecule has 0 radical (unpaired) electrons. The van der Waals surface area contributed by atoms with E-state index in [1.807, 2.05) is 0 Å². The van der Waals surface area contributed by atoms with Gasteiger partial charge in [0.1, 0.15) is 0 Å². The lowest BCUT2D eigenvalue weighted by molar-refractivity contribution is -0.0120. The van der Waals surface area contributed by atoms with Gasteiger partial charge in [-0.25, -0.2) is 0 Å². The van der Waals surface area contributed by atoms with Gasteiger partial charge in [0.15, 0.2) is 0 Å². The van der Waals surface area contributed by atoms with Crippen molar-refractivity contribution in [2.45, 2.75) is 77.9 Å². The summed E-state index contributed by atoms with van der Waals surface area (Å²) < 4.78 is 5.88. The molecule has 1 aliphatic carbocycles. The number of hydrogen-bond acceptors (Lipinski definition) is 3. The van der Waals surface area contributed by atoms with E-state index < -0.39 is 0 Å². The van der Waals surface area contributed by atoms with Gasteiger partial charge in [-0.1, -0.05) is 33.1 Å². The van der Waals surface area contributed by atoms with Crippen LogP contribution in [0.25, 0.3) is 0 Å². The zero-order valence-corrected chi connectivity index (χ0v) is 14.5. The largest absolute Gasteiger partial charge is 0.377 e. The molecular formula is C18H36N2O. The van der Waals surface area contributed by atoms with Crippen LogP contribution in [0.1, 0.15) is 65.7 Å². The van der Waals surface area contributed by atoms with Gasteiger partial charge in [0, 0.05) is 32.3 Å². The van der Waals surface area contributed by atoms with Crippen molar-refractivity contribution in [3.8, 4) is 0 Å². The second kappa shape index (κ2) is 8.50. The Morgan fingerprint density at radius 3 is 2.62 bits per heavy atom. The molecule has 1 unspecified atom stereocenters. The molecule has 3 nitrogen and oxygen atoms in total. The van der Waals surface area contributed by atoms with Crippen LogP contribution in [0.3, 0.4) is 0 Å². The van der Waals surface area contributed by atoms with E-state index >= 15 is 0 Å². The minimum atomic E-state index is 0.474. The van der Waals surface area contributed by atoms with Crippen molar-refractivity contribution in [1.82, 2.24) is 10.2 Å². The highest BCUT2D eigenvalue weighted by Crippen LogP contribution is 2.37. The molecule has 2 rings (SSSR count). The van der Waals surface area contributed by atoms with Gasteiger partial charge in [0.05, 0.1) is 6.10 Å². The lowest BCUT2D eigenvalue weighted by atomic mass is 9.73. The molecular weight excluding hydrogens is 260 g/mol. The summed E-state index contributed by atoms with van der Waals surface area (Å²) >= 11 is 0. The summed E-state index contributed by atoms with van der Waals surface area (Å²) in [6, 6.07) is 0.598. The van der Waals surface area contributed by atoms with Gasteiger partial charge in [-0.2, -0.15) is 0 Å². The number of rotatable bonds is 7. The highest BCUT2D eigenvalue weighted by atomic mass is 16.5. The average Bonchev–Trinajstić information content (AvgIpc) is 2.47. The molecule has 1 saturated heterocycles. The zero-order valence-electron chi connectivity index (χ0n) is 14.5. The second-order valence-electron chi connectivity index (χ2n) is 7.55. The van der Waals surface area contributed by atoms with Crippen LogP contribution < -0.4 is 5.32 Å². The van der Waals surface area contributed by atoms with Gasteiger partial charge >= 0.3 is 0 Å². The summed E-state index contributed by atoms with van der Waals surface area (Å²) in [6.07, 6.45) is 10.1. The van der Waals surface area contributed by atoms with E-state index in [1.54, 1.807) is 0 Å². The molecule has 0 spiro atoms. The normalized spacial score (nSPS) is 27.1. The first kappa shape index (κ1) is 17.2. The SMILES string of the molecule is CCOC1CCCN(CC2(CNC(C)C)CCCCC2)C1. The summed E-state index contributed by atoms with van der Waals surface area (Å²) in [7, 11) is 0. The second-order valence-corrected chi connectivity index (χ2v) is 7.55. The summed E-state index contributed by atoms with van der Waals surface area (Å²) in [5.41, 5.74) is 0.511. The fraction of sp³-hybridized carbons (Fsp3) is 1.00. The summed E-state index contributed by atoms with van der Waals surface area (Å²) in [5, 5.41) is 3.72. The van der Waals surface area contributed by atoms with Crippen LogP contribution in [0.2, 0.25) is 0 Å². The Labute approximate surface area is 131 Å². The number of likely N-dealkylation sites (tertiary alicyclic amines) is 1. The third kappa shape index (κ3) is 5.54. The molecule has 0 aromatic heterocycles. The van der Waals surface area contributed by atoms with Crippen molar-refractivity contribution in [3.05, 3.63) is 0 Å². The third-order valence-electron chi connectivity index (χ3n) is 5.22. The van der Waals surface area contributed by atoms with E-state index in [0.717, 1.165) is 13.2 Å². The first-order chi connectivity index (χ1) is 10.1. The Morgan fingerprint density at radius 2 is 1.95 bits per heavy atom. The Hall–Kier alpha value is -0.120. The quantitative estimate of drug-likeness (QED) is 0.779. The zero-order chi connectivity index (χ0) is 15.1. The minimum Gasteiger partial charge on any atom is -0.377 e. The maximum Gasteiger partial charge on any atom is 0.0702 e. The highest BCUT2D eigenvalue weighted by Gasteiger charge is 2.35. The van der Waals surface area contributed by atoms with E-state index in [2.05, 4.69) is 31.0 Å². The van der Waals surface area contributed by atoms with Crippen molar-refractivity contribution in [2.24, 2.45) is 5.41 Å². The minimum absolute atomic E-state index is 0.474.